The highest BCUT2D eigenvalue weighted by molar-refractivity contribution is 7.99. The Kier molecular flexibility index (Phi) is 5.90. The van der Waals surface area contributed by atoms with Crippen molar-refractivity contribution in [3.63, 3.8) is 0 Å². The Balaban J connectivity index is 1.39. The highest BCUT2D eigenvalue weighted by Crippen LogP contribution is 2.24. The number of ketones is 1. The van der Waals surface area contributed by atoms with Crippen molar-refractivity contribution in [2.24, 2.45) is 5.92 Å². The van der Waals surface area contributed by atoms with Gasteiger partial charge in [0.05, 0.1) is 11.5 Å². The van der Waals surface area contributed by atoms with E-state index in [4.69, 9.17) is 4.42 Å². The Morgan fingerprint density at radius 2 is 2.04 bits per heavy atom. The average Bonchev–Trinajstić information content (AvgIpc) is 3.18. The van der Waals surface area contributed by atoms with Crippen LogP contribution < -0.4 is 0 Å². The summed E-state index contributed by atoms with van der Waals surface area (Å²) >= 11 is 1.43. The van der Waals surface area contributed by atoms with Gasteiger partial charge in [-0.25, -0.2) is 8.42 Å². The van der Waals surface area contributed by atoms with Crippen LogP contribution in [0.4, 0.5) is 0 Å². The standard InChI is InChI=1S/C17H20N2O4S2/c20-15(14-5-2-1-3-6-14)7-4-9-24-17-19-18-16(23-17)11-13-8-10-25(21,22)12-13/h1-3,5-6,13H,4,7-12H2. The second kappa shape index (κ2) is 8.14. The molecule has 134 valence electrons. The molecule has 2 heterocycles. The molecule has 1 atom stereocenters. The Bertz CT molecular complexity index is 818. The van der Waals surface area contributed by atoms with Crippen LogP contribution in [-0.4, -0.2) is 41.7 Å². The van der Waals surface area contributed by atoms with E-state index in [1.165, 1.54) is 11.8 Å². The number of benzene rings is 1. The number of nitrogens with zero attached hydrogens (tertiary/aromatic N) is 2. The first kappa shape index (κ1) is 18.1. The van der Waals surface area contributed by atoms with E-state index in [0.717, 1.165) is 17.7 Å². The molecule has 0 saturated carbocycles. The molecule has 2 aromatic rings. The quantitative estimate of drug-likeness (QED) is 0.395. The second-order valence-corrected chi connectivity index (χ2v) is 9.45. The number of aromatic nitrogens is 2. The van der Waals surface area contributed by atoms with E-state index in [1.807, 2.05) is 30.3 Å². The Hall–Kier alpha value is -1.67. The third kappa shape index (κ3) is 5.40. The number of Topliss-reactive ketones (excluding diaryl/α,β-unsaturated/α-hetero) is 1. The molecule has 1 fully saturated rings. The van der Waals surface area contributed by atoms with Crippen LogP contribution in [0.15, 0.2) is 40.0 Å². The summed E-state index contributed by atoms with van der Waals surface area (Å²) in [6, 6.07) is 9.25. The molecule has 1 unspecified atom stereocenters. The van der Waals surface area contributed by atoms with Crippen molar-refractivity contribution in [1.82, 2.24) is 10.2 Å². The summed E-state index contributed by atoms with van der Waals surface area (Å²) in [5, 5.41) is 8.45. The number of sulfone groups is 1. The van der Waals surface area contributed by atoms with Gasteiger partial charge in [0.25, 0.3) is 5.22 Å². The van der Waals surface area contributed by atoms with E-state index >= 15 is 0 Å². The van der Waals surface area contributed by atoms with Gasteiger partial charge >= 0.3 is 0 Å². The van der Waals surface area contributed by atoms with E-state index < -0.39 is 9.84 Å². The lowest BCUT2D eigenvalue weighted by atomic mass is 10.1. The van der Waals surface area contributed by atoms with Gasteiger partial charge in [0.2, 0.25) is 5.89 Å². The van der Waals surface area contributed by atoms with Crippen LogP contribution in [0.2, 0.25) is 0 Å². The van der Waals surface area contributed by atoms with Crippen molar-refractivity contribution < 1.29 is 17.6 Å². The van der Waals surface area contributed by atoms with Crippen LogP contribution in [0, 0.1) is 5.92 Å². The molecule has 0 N–H and O–H groups in total. The molecule has 1 saturated heterocycles. The van der Waals surface area contributed by atoms with Crippen molar-refractivity contribution in [2.75, 3.05) is 17.3 Å². The molecular weight excluding hydrogens is 360 g/mol. The molecule has 6 nitrogen and oxygen atoms in total. The van der Waals surface area contributed by atoms with Gasteiger partial charge in [-0.15, -0.1) is 10.2 Å². The van der Waals surface area contributed by atoms with Crippen LogP contribution in [0.1, 0.15) is 35.5 Å². The van der Waals surface area contributed by atoms with Crippen molar-refractivity contribution in [3.8, 4) is 0 Å². The summed E-state index contributed by atoms with van der Waals surface area (Å²) in [6.07, 6.45) is 2.39. The maximum Gasteiger partial charge on any atom is 0.276 e. The topological polar surface area (TPSA) is 90.1 Å². The molecule has 1 aromatic heterocycles. The monoisotopic (exact) mass is 380 g/mol. The van der Waals surface area contributed by atoms with Crippen molar-refractivity contribution >= 4 is 27.4 Å². The van der Waals surface area contributed by atoms with Gasteiger partial charge < -0.3 is 4.42 Å². The Labute approximate surface area is 151 Å². The summed E-state index contributed by atoms with van der Waals surface area (Å²) in [5.74, 6) is 1.88. The van der Waals surface area contributed by atoms with Gasteiger partial charge in [-0.2, -0.15) is 0 Å². The number of carbonyl (C=O) groups excluding carboxylic acids is 1. The van der Waals surface area contributed by atoms with Gasteiger partial charge in [-0.05, 0) is 18.8 Å². The lowest BCUT2D eigenvalue weighted by Crippen LogP contribution is -2.07. The minimum atomic E-state index is -2.88. The van der Waals surface area contributed by atoms with Crippen LogP contribution in [0.25, 0.3) is 0 Å². The van der Waals surface area contributed by atoms with E-state index in [9.17, 15) is 13.2 Å². The van der Waals surface area contributed by atoms with Crippen LogP contribution in [0.5, 0.6) is 0 Å². The fraction of sp³-hybridized carbons (Fsp3) is 0.471. The van der Waals surface area contributed by atoms with Crippen LogP contribution >= 0.6 is 11.8 Å². The van der Waals surface area contributed by atoms with E-state index in [1.54, 1.807) is 0 Å². The molecule has 0 radical (unpaired) electrons. The summed E-state index contributed by atoms with van der Waals surface area (Å²) in [4.78, 5) is 12.0. The average molecular weight is 380 g/mol. The normalized spacial score (nSPS) is 19.1. The predicted molar refractivity (Wildman–Crippen MR) is 95.5 cm³/mol. The molecular formula is C17H20N2O4S2. The van der Waals surface area contributed by atoms with E-state index in [0.29, 0.717) is 30.4 Å². The summed E-state index contributed by atoms with van der Waals surface area (Å²) in [7, 11) is -2.88. The van der Waals surface area contributed by atoms with E-state index in [2.05, 4.69) is 10.2 Å². The van der Waals surface area contributed by atoms with Crippen molar-refractivity contribution in [1.29, 1.82) is 0 Å². The third-order valence-electron chi connectivity index (χ3n) is 4.11. The molecule has 0 bridgehead atoms. The molecule has 1 aromatic carbocycles. The Morgan fingerprint density at radius 3 is 2.76 bits per heavy atom. The summed E-state index contributed by atoms with van der Waals surface area (Å²) in [5.41, 5.74) is 0.735. The van der Waals surface area contributed by atoms with Gasteiger partial charge in [0.1, 0.15) is 0 Å². The largest absolute Gasteiger partial charge is 0.416 e. The minimum absolute atomic E-state index is 0.0757. The molecule has 1 aliphatic heterocycles. The van der Waals surface area contributed by atoms with Gasteiger partial charge in [-0.1, -0.05) is 42.1 Å². The van der Waals surface area contributed by atoms with Crippen LogP contribution in [0.3, 0.4) is 0 Å². The molecule has 1 aliphatic rings. The van der Waals surface area contributed by atoms with Crippen molar-refractivity contribution in [2.45, 2.75) is 30.9 Å². The smallest absolute Gasteiger partial charge is 0.276 e. The first-order chi connectivity index (χ1) is 12.0. The van der Waals surface area contributed by atoms with Gasteiger partial charge in [-0.3, -0.25) is 4.79 Å². The lowest BCUT2D eigenvalue weighted by Gasteiger charge is -2.02. The SMILES string of the molecule is O=C(CCCSc1nnc(CC2CCS(=O)(=O)C2)o1)c1ccccc1. The lowest BCUT2D eigenvalue weighted by molar-refractivity contribution is 0.0982. The fourth-order valence-electron chi connectivity index (χ4n) is 2.82. The molecule has 25 heavy (non-hydrogen) atoms. The second-order valence-electron chi connectivity index (χ2n) is 6.18. The number of hydrogen-bond donors (Lipinski definition) is 0. The molecule has 0 amide bonds. The first-order valence-electron chi connectivity index (χ1n) is 8.26. The molecule has 8 heteroatoms. The number of hydrogen-bond acceptors (Lipinski definition) is 7. The minimum Gasteiger partial charge on any atom is -0.416 e. The van der Waals surface area contributed by atoms with Gasteiger partial charge in [0, 0.05) is 24.2 Å². The predicted octanol–water partition coefficient (Wildman–Crippen LogP) is 2.80. The highest BCUT2D eigenvalue weighted by Gasteiger charge is 2.29. The maximum absolute atomic E-state index is 12.0. The van der Waals surface area contributed by atoms with Crippen LogP contribution in [-0.2, 0) is 16.3 Å². The van der Waals surface area contributed by atoms with E-state index in [-0.39, 0.29) is 23.2 Å². The zero-order valence-corrected chi connectivity index (χ0v) is 15.4. The fourth-order valence-corrected chi connectivity index (χ4v) is 5.40. The molecule has 0 spiro atoms. The zero-order valence-electron chi connectivity index (χ0n) is 13.8. The summed E-state index contributed by atoms with van der Waals surface area (Å²) in [6.45, 7) is 0. The molecule has 3 rings (SSSR count). The summed E-state index contributed by atoms with van der Waals surface area (Å²) < 4.78 is 28.5. The zero-order chi connectivity index (χ0) is 17.7. The maximum atomic E-state index is 12.0. The first-order valence-corrected chi connectivity index (χ1v) is 11.1. The highest BCUT2D eigenvalue weighted by atomic mass is 32.2. The number of rotatable bonds is 8. The third-order valence-corrected chi connectivity index (χ3v) is 6.85. The number of thioether (sulfide) groups is 1. The van der Waals surface area contributed by atoms with Crippen molar-refractivity contribution in [3.05, 3.63) is 41.8 Å². The Morgan fingerprint density at radius 1 is 1.24 bits per heavy atom. The number of carbonyl (C=O) groups is 1. The van der Waals surface area contributed by atoms with Gasteiger partial charge in [0.15, 0.2) is 15.6 Å². The molecule has 0 aliphatic carbocycles.